The first kappa shape index (κ1) is 14.6. The largest absolute Gasteiger partial charge is 0.508 e. The van der Waals surface area contributed by atoms with Crippen LogP contribution in [-0.4, -0.2) is 22.1 Å². The summed E-state index contributed by atoms with van der Waals surface area (Å²) in [5.74, 6) is -1.30. The van der Waals surface area contributed by atoms with Gasteiger partial charge in [0.1, 0.15) is 5.75 Å². The van der Waals surface area contributed by atoms with Crippen molar-refractivity contribution in [3.05, 3.63) is 58.7 Å². The minimum Gasteiger partial charge on any atom is -0.508 e. The maximum Gasteiger partial charge on any atom is 0.336 e. The van der Waals surface area contributed by atoms with Crippen molar-refractivity contribution in [2.24, 2.45) is 0 Å². The molecular weight excluding hydrogens is 270 g/mol. The zero-order valence-electron chi connectivity index (χ0n) is 11.7. The second-order valence-corrected chi connectivity index (χ2v) is 4.74. The second-order valence-electron chi connectivity index (χ2n) is 4.74. The van der Waals surface area contributed by atoms with Gasteiger partial charge in [-0.3, -0.25) is 4.79 Å². The molecule has 0 radical (unpaired) electrons. The van der Waals surface area contributed by atoms with Gasteiger partial charge < -0.3 is 15.5 Å². The number of phenolic OH excluding ortho intramolecular Hbond substituents is 1. The van der Waals surface area contributed by atoms with E-state index in [9.17, 15) is 14.7 Å². The summed E-state index contributed by atoms with van der Waals surface area (Å²) >= 11 is 0. The lowest BCUT2D eigenvalue weighted by atomic mass is 10.1. The molecule has 2 aromatic rings. The van der Waals surface area contributed by atoms with Crippen molar-refractivity contribution in [3.63, 3.8) is 0 Å². The Morgan fingerprint density at radius 2 is 1.76 bits per heavy atom. The Morgan fingerprint density at radius 1 is 1.05 bits per heavy atom. The molecule has 0 bridgehead atoms. The molecule has 2 aromatic carbocycles. The molecule has 3 N–H and O–H groups in total. The molecule has 0 unspecified atom stereocenters. The normalized spacial score (nSPS) is 10.2. The van der Waals surface area contributed by atoms with Gasteiger partial charge in [0.2, 0.25) is 0 Å². The number of aryl methyl sites for hydroxylation is 1. The van der Waals surface area contributed by atoms with Crippen LogP contribution >= 0.6 is 0 Å². The molecule has 1 amide bonds. The van der Waals surface area contributed by atoms with E-state index in [0.29, 0.717) is 22.4 Å². The quantitative estimate of drug-likeness (QED) is 0.809. The third-order valence-corrected chi connectivity index (χ3v) is 3.27. The van der Waals surface area contributed by atoms with Crippen molar-refractivity contribution in [1.29, 1.82) is 0 Å². The molecular formula is C16H15NO4. The molecule has 0 saturated carbocycles. The Bertz CT molecular complexity index is 722. The second kappa shape index (κ2) is 5.66. The zero-order valence-corrected chi connectivity index (χ0v) is 11.7. The Labute approximate surface area is 121 Å². The highest BCUT2D eigenvalue weighted by Gasteiger charge is 2.14. The molecule has 2 rings (SSSR count). The van der Waals surface area contributed by atoms with Crippen LogP contribution in [0.25, 0.3) is 0 Å². The number of carbonyl (C=O) groups is 2. The van der Waals surface area contributed by atoms with E-state index in [-0.39, 0.29) is 17.2 Å². The number of aromatic carboxylic acids is 1. The summed E-state index contributed by atoms with van der Waals surface area (Å²) in [6.45, 7) is 3.36. The predicted octanol–water partition coefficient (Wildman–Crippen LogP) is 2.96. The summed E-state index contributed by atoms with van der Waals surface area (Å²) in [6, 6.07) is 9.17. The Balaban J connectivity index is 2.32. The molecule has 5 nitrogen and oxygen atoms in total. The number of benzene rings is 2. The fraction of sp³-hybridized carbons (Fsp3) is 0.125. The molecule has 21 heavy (non-hydrogen) atoms. The van der Waals surface area contributed by atoms with E-state index in [1.54, 1.807) is 26.0 Å². The van der Waals surface area contributed by atoms with Crippen molar-refractivity contribution >= 4 is 17.6 Å². The Morgan fingerprint density at radius 3 is 2.38 bits per heavy atom. The van der Waals surface area contributed by atoms with Gasteiger partial charge in [0.25, 0.3) is 5.91 Å². The number of hydrogen-bond donors (Lipinski definition) is 3. The molecule has 0 heterocycles. The van der Waals surface area contributed by atoms with Gasteiger partial charge >= 0.3 is 5.97 Å². The summed E-state index contributed by atoms with van der Waals surface area (Å²) in [6.07, 6.45) is 0. The molecule has 0 aliphatic carbocycles. The fourth-order valence-corrected chi connectivity index (χ4v) is 2.10. The lowest BCUT2D eigenvalue weighted by molar-refractivity contribution is 0.0695. The van der Waals surface area contributed by atoms with Crippen molar-refractivity contribution in [2.75, 3.05) is 5.32 Å². The molecule has 5 heteroatoms. The van der Waals surface area contributed by atoms with Crippen LogP contribution in [0.3, 0.4) is 0 Å². The van der Waals surface area contributed by atoms with Gasteiger partial charge in [-0.1, -0.05) is 6.07 Å². The maximum atomic E-state index is 12.2. The van der Waals surface area contributed by atoms with Crippen molar-refractivity contribution < 1.29 is 19.8 Å². The monoisotopic (exact) mass is 285 g/mol. The highest BCUT2D eigenvalue weighted by Crippen LogP contribution is 2.21. The average Bonchev–Trinajstić information content (AvgIpc) is 2.40. The SMILES string of the molecule is Cc1cc(O)ccc1C(=O)Nc1cccc(C(=O)O)c1C. The number of aromatic hydroxyl groups is 1. The summed E-state index contributed by atoms with van der Waals surface area (Å²) in [5, 5.41) is 21.1. The van der Waals surface area contributed by atoms with Crippen molar-refractivity contribution in [3.8, 4) is 5.75 Å². The van der Waals surface area contributed by atoms with Crippen LogP contribution in [0.1, 0.15) is 31.8 Å². The zero-order chi connectivity index (χ0) is 15.6. The van der Waals surface area contributed by atoms with E-state index < -0.39 is 5.97 Å². The highest BCUT2D eigenvalue weighted by atomic mass is 16.4. The summed E-state index contributed by atoms with van der Waals surface area (Å²) in [7, 11) is 0. The first-order valence-corrected chi connectivity index (χ1v) is 6.34. The summed E-state index contributed by atoms with van der Waals surface area (Å²) in [4.78, 5) is 23.3. The number of phenols is 1. The van der Waals surface area contributed by atoms with Crippen molar-refractivity contribution in [2.45, 2.75) is 13.8 Å². The van der Waals surface area contributed by atoms with Gasteiger partial charge in [-0.2, -0.15) is 0 Å². The van der Waals surface area contributed by atoms with Crippen LogP contribution in [0.15, 0.2) is 36.4 Å². The first-order chi connectivity index (χ1) is 9.90. The van der Waals surface area contributed by atoms with Crippen LogP contribution < -0.4 is 5.32 Å². The molecule has 0 saturated heterocycles. The number of carboxylic acid groups (broad SMARTS) is 1. The lowest BCUT2D eigenvalue weighted by Gasteiger charge is -2.11. The third-order valence-electron chi connectivity index (χ3n) is 3.27. The molecule has 0 atom stereocenters. The van der Waals surface area contributed by atoms with Gasteiger partial charge in [0.05, 0.1) is 5.56 Å². The van der Waals surface area contributed by atoms with Crippen LogP contribution in [-0.2, 0) is 0 Å². The highest BCUT2D eigenvalue weighted by molar-refractivity contribution is 6.06. The summed E-state index contributed by atoms with van der Waals surface area (Å²) < 4.78 is 0. The molecule has 108 valence electrons. The minimum absolute atomic E-state index is 0.0908. The van der Waals surface area contributed by atoms with Gasteiger partial charge in [0.15, 0.2) is 0 Å². The molecule has 0 aliphatic heterocycles. The predicted molar refractivity (Wildman–Crippen MR) is 78.9 cm³/mol. The lowest BCUT2D eigenvalue weighted by Crippen LogP contribution is -2.15. The van der Waals surface area contributed by atoms with Gasteiger partial charge in [0, 0.05) is 11.3 Å². The Kier molecular flexibility index (Phi) is 3.93. The van der Waals surface area contributed by atoms with Gasteiger partial charge in [-0.15, -0.1) is 0 Å². The number of carboxylic acids is 1. The third kappa shape index (κ3) is 3.02. The molecule has 0 spiro atoms. The molecule has 0 aromatic heterocycles. The maximum absolute atomic E-state index is 12.2. The average molecular weight is 285 g/mol. The number of rotatable bonds is 3. The molecule has 0 fully saturated rings. The van der Waals surface area contributed by atoms with Crippen LogP contribution in [0.2, 0.25) is 0 Å². The van der Waals surface area contributed by atoms with Crippen LogP contribution in [0.5, 0.6) is 5.75 Å². The van der Waals surface area contributed by atoms with E-state index in [4.69, 9.17) is 5.11 Å². The first-order valence-electron chi connectivity index (χ1n) is 6.34. The number of carbonyl (C=O) groups excluding carboxylic acids is 1. The summed E-state index contributed by atoms with van der Waals surface area (Å²) in [5.41, 5.74) is 2.16. The fourth-order valence-electron chi connectivity index (χ4n) is 2.10. The topological polar surface area (TPSA) is 86.6 Å². The smallest absolute Gasteiger partial charge is 0.336 e. The number of amides is 1. The minimum atomic E-state index is -1.04. The number of nitrogens with one attached hydrogen (secondary N) is 1. The van der Waals surface area contributed by atoms with Crippen molar-refractivity contribution in [1.82, 2.24) is 0 Å². The van der Waals surface area contributed by atoms with E-state index in [0.717, 1.165) is 0 Å². The van der Waals surface area contributed by atoms with E-state index in [1.807, 2.05) is 0 Å². The van der Waals surface area contributed by atoms with Gasteiger partial charge in [-0.25, -0.2) is 4.79 Å². The number of hydrogen-bond acceptors (Lipinski definition) is 3. The van der Waals surface area contributed by atoms with E-state index in [1.165, 1.54) is 24.3 Å². The van der Waals surface area contributed by atoms with E-state index >= 15 is 0 Å². The molecule has 0 aliphatic rings. The number of anilines is 1. The standard InChI is InChI=1S/C16H15NO4/c1-9-8-11(18)6-7-12(9)15(19)17-14-5-3-4-13(10(14)2)16(20)21/h3-8,18H,1-2H3,(H,17,19)(H,20,21). The van der Waals surface area contributed by atoms with Crippen LogP contribution in [0, 0.1) is 13.8 Å². The van der Waals surface area contributed by atoms with E-state index in [2.05, 4.69) is 5.32 Å². The van der Waals surface area contributed by atoms with Crippen LogP contribution in [0.4, 0.5) is 5.69 Å². The van der Waals surface area contributed by atoms with Gasteiger partial charge in [-0.05, 0) is 55.3 Å². The Hall–Kier alpha value is -2.82.